The third-order valence-electron chi connectivity index (χ3n) is 3.86. The molecule has 1 heterocycles. The van der Waals surface area contributed by atoms with Crippen LogP contribution in [0, 0.1) is 0 Å². The summed E-state index contributed by atoms with van der Waals surface area (Å²) in [6.45, 7) is 2.19. The number of benzene rings is 2. The number of nitrogens with one attached hydrogen (secondary N) is 1. The van der Waals surface area contributed by atoms with Gasteiger partial charge in [0.15, 0.2) is 5.78 Å². The van der Waals surface area contributed by atoms with Crippen molar-refractivity contribution in [3.8, 4) is 11.1 Å². The third kappa shape index (κ3) is 4.00. The number of thiophene rings is 1. The zero-order valence-electron chi connectivity index (χ0n) is 14.4. The van der Waals surface area contributed by atoms with E-state index in [4.69, 9.17) is 4.74 Å². The Morgan fingerprint density at radius 1 is 1.00 bits per heavy atom. The van der Waals surface area contributed by atoms with E-state index in [2.05, 4.69) is 5.32 Å². The second-order valence-corrected chi connectivity index (χ2v) is 6.46. The summed E-state index contributed by atoms with van der Waals surface area (Å²) < 4.78 is 5.22. The van der Waals surface area contributed by atoms with Crippen LogP contribution in [0.1, 0.15) is 27.6 Å². The maximum Gasteiger partial charge on any atom is 0.341 e. The Kier molecular flexibility index (Phi) is 5.81. The maximum atomic E-state index is 12.5. The summed E-state index contributed by atoms with van der Waals surface area (Å²) in [5.41, 5.74) is 2.86. The standard InChI is InChI=1S/C21H19NO3S/c1-2-25-21(24)19-17(15-9-5-3-6-10-15)14-26-20(19)22-13-18(23)16-11-7-4-8-12-16/h3-12,14,22H,2,13H2,1H3. The van der Waals surface area contributed by atoms with Gasteiger partial charge in [0.2, 0.25) is 0 Å². The number of Topliss-reactive ketones (excluding diaryl/α,β-unsaturated/α-hetero) is 1. The average molecular weight is 365 g/mol. The molecule has 4 nitrogen and oxygen atoms in total. The predicted octanol–water partition coefficient (Wildman–Crippen LogP) is 4.89. The Labute approximate surface area is 156 Å². The highest BCUT2D eigenvalue weighted by Gasteiger charge is 2.21. The van der Waals surface area contributed by atoms with Gasteiger partial charge in [-0.2, -0.15) is 0 Å². The lowest BCUT2D eigenvalue weighted by Crippen LogP contribution is -2.15. The highest BCUT2D eigenvalue weighted by atomic mass is 32.1. The van der Waals surface area contributed by atoms with Gasteiger partial charge < -0.3 is 10.1 Å². The molecule has 1 N–H and O–H groups in total. The summed E-state index contributed by atoms with van der Waals surface area (Å²) in [6.07, 6.45) is 0. The molecular formula is C21H19NO3S. The summed E-state index contributed by atoms with van der Waals surface area (Å²) in [6, 6.07) is 18.8. The van der Waals surface area contributed by atoms with Crippen LogP contribution in [0.2, 0.25) is 0 Å². The fourth-order valence-electron chi connectivity index (χ4n) is 2.61. The van der Waals surface area contributed by atoms with Crippen LogP contribution < -0.4 is 5.32 Å². The second kappa shape index (κ2) is 8.45. The Hall–Kier alpha value is -2.92. The van der Waals surface area contributed by atoms with E-state index < -0.39 is 0 Å². The number of carbonyl (C=O) groups excluding carboxylic acids is 2. The summed E-state index contributed by atoms with van der Waals surface area (Å²) in [5.74, 6) is -0.419. The zero-order chi connectivity index (χ0) is 18.4. The molecule has 3 rings (SSSR count). The molecule has 0 aliphatic carbocycles. The summed E-state index contributed by atoms with van der Waals surface area (Å²) in [7, 11) is 0. The van der Waals surface area contributed by atoms with Crippen molar-refractivity contribution in [2.24, 2.45) is 0 Å². The number of ether oxygens (including phenoxy) is 1. The van der Waals surface area contributed by atoms with Crippen LogP contribution in [0.25, 0.3) is 11.1 Å². The van der Waals surface area contributed by atoms with E-state index in [0.29, 0.717) is 22.7 Å². The van der Waals surface area contributed by atoms with Gasteiger partial charge in [-0.25, -0.2) is 4.79 Å². The first kappa shape index (κ1) is 17.9. The molecule has 0 amide bonds. The molecule has 26 heavy (non-hydrogen) atoms. The van der Waals surface area contributed by atoms with E-state index in [-0.39, 0.29) is 18.3 Å². The number of hydrogen-bond acceptors (Lipinski definition) is 5. The fourth-order valence-corrected chi connectivity index (χ4v) is 3.57. The molecule has 132 valence electrons. The molecule has 0 bridgehead atoms. The predicted molar refractivity (Wildman–Crippen MR) is 105 cm³/mol. The summed E-state index contributed by atoms with van der Waals surface area (Å²) in [4.78, 5) is 24.8. The molecule has 0 radical (unpaired) electrons. The highest BCUT2D eigenvalue weighted by molar-refractivity contribution is 7.15. The molecule has 0 unspecified atom stereocenters. The molecule has 0 spiro atoms. The van der Waals surface area contributed by atoms with Crippen molar-refractivity contribution in [3.63, 3.8) is 0 Å². The largest absolute Gasteiger partial charge is 0.462 e. The first-order chi connectivity index (χ1) is 12.7. The minimum atomic E-state index is -0.387. The lowest BCUT2D eigenvalue weighted by molar-refractivity contribution is 0.0528. The van der Waals surface area contributed by atoms with E-state index >= 15 is 0 Å². The van der Waals surface area contributed by atoms with Gasteiger partial charge >= 0.3 is 5.97 Å². The summed E-state index contributed by atoms with van der Waals surface area (Å²) >= 11 is 1.40. The smallest absolute Gasteiger partial charge is 0.341 e. The van der Waals surface area contributed by atoms with E-state index in [1.807, 2.05) is 53.9 Å². The number of carbonyl (C=O) groups is 2. The monoisotopic (exact) mass is 365 g/mol. The van der Waals surface area contributed by atoms with Crippen molar-refractivity contribution < 1.29 is 14.3 Å². The number of anilines is 1. The first-order valence-electron chi connectivity index (χ1n) is 8.37. The van der Waals surface area contributed by atoms with Crippen LogP contribution in [0.3, 0.4) is 0 Å². The lowest BCUT2D eigenvalue weighted by atomic mass is 10.0. The topological polar surface area (TPSA) is 55.4 Å². The van der Waals surface area contributed by atoms with Gasteiger partial charge in [-0.15, -0.1) is 11.3 Å². The minimum absolute atomic E-state index is 0.0323. The SMILES string of the molecule is CCOC(=O)c1c(-c2ccccc2)csc1NCC(=O)c1ccccc1. The molecule has 0 fully saturated rings. The maximum absolute atomic E-state index is 12.5. The van der Waals surface area contributed by atoms with Crippen LogP contribution in [0.4, 0.5) is 5.00 Å². The number of rotatable bonds is 7. The molecule has 0 saturated carbocycles. The van der Waals surface area contributed by atoms with Crippen molar-refractivity contribution in [2.75, 3.05) is 18.5 Å². The van der Waals surface area contributed by atoms with Crippen LogP contribution in [0.15, 0.2) is 66.0 Å². The lowest BCUT2D eigenvalue weighted by Gasteiger charge is -2.09. The van der Waals surface area contributed by atoms with Crippen LogP contribution >= 0.6 is 11.3 Å². The Balaban J connectivity index is 1.86. The van der Waals surface area contributed by atoms with Gasteiger partial charge in [0.25, 0.3) is 0 Å². The van der Waals surface area contributed by atoms with Gasteiger partial charge in [-0.1, -0.05) is 60.7 Å². The summed E-state index contributed by atoms with van der Waals surface area (Å²) in [5, 5.41) is 5.67. The third-order valence-corrected chi connectivity index (χ3v) is 4.80. The first-order valence-corrected chi connectivity index (χ1v) is 9.24. The molecule has 0 atom stereocenters. The van der Waals surface area contributed by atoms with E-state index in [9.17, 15) is 9.59 Å². The molecule has 2 aromatic carbocycles. The molecule has 5 heteroatoms. The second-order valence-electron chi connectivity index (χ2n) is 5.58. The quantitative estimate of drug-likeness (QED) is 0.479. The van der Waals surface area contributed by atoms with E-state index in [1.54, 1.807) is 19.1 Å². The number of ketones is 1. The van der Waals surface area contributed by atoms with Crippen LogP contribution in [-0.4, -0.2) is 24.9 Å². The molecule has 0 aliphatic heterocycles. The molecule has 0 aliphatic rings. The van der Waals surface area contributed by atoms with Crippen molar-refractivity contribution in [1.29, 1.82) is 0 Å². The van der Waals surface area contributed by atoms with Gasteiger partial charge in [0, 0.05) is 16.5 Å². The van der Waals surface area contributed by atoms with Crippen molar-refractivity contribution in [3.05, 3.63) is 77.2 Å². The van der Waals surface area contributed by atoms with Crippen molar-refractivity contribution in [2.45, 2.75) is 6.92 Å². The normalized spacial score (nSPS) is 10.3. The molecular weight excluding hydrogens is 346 g/mol. The van der Waals surface area contributed by atoms with Crippen LogP contribution in [0.5, 0.6) is 0 Å². The van der Waals surface area contributed by atoms with Gasteiger partial charge in [0.1, 0.15) is 10.6 Å². The van der Waals surface area contributed by atoms with Gasteiger partial charge in [-0.05, 0) is 12.5 Å². The Morgan fingerprint density at radius 3 is 2.31 bits per heavy atom. The Morgan fingerprint density at radius 2 is 1.65 bits per heavy atom. The zero-order valence-corrected chi connectivity index (χ0v) is 15.2. The molecule has 3 aromatic rings. The average Bonchev–Trinajstić information content (AvgIpc) is 3.12. The van der Waals surface area contributed by atoms with Gasteiger partial charge in [-0.3, -0.25) is 4.79 Å². The van der Waals surface area contributed by atoms with Gasteiger partial charge in [0.05, 0.1) is 13.2 Å². The van der Waals surface area contributed by atoms with Crippen LogP contribution in [-0.2, 0) is 4.74 Å². The molecule has 0 saturated heterocycles. The number of esters is 1. The Bertz CT molecular complexity index is 888. The number of hydrogen-bond donors (Lipinski definition) is 1. The highest BCUT2D eigenvalue weighted by Crippen LogP contribution is 2.36. The van der Waals surface area contributed by atoms with Crippen molar-refractivity contribution in [1.82, 2.24) is 0 Å². The fraction of sp³-hybridized carbons (Fsp3) is 0.143. The van der Waals surface area contributed by atoms with E-state index in [1.165, 1.54) is 11.3 Å². The van der Waals surface area contributed by atoms with E-state index in [0.717, 1.165) is 11.1 Å². The minimum Gasteiger partial charge on any atom is -0.462 e. The van der Waals surface area contributed by atoms with Crippen molar-refractivity contribution >= 4 is 28.1 Å². The molecule has 1 aromatic heterocycles.